The first kappa shape index (κ1) is 19.1. The highest BCUT2D eigenvalue weighted by atomic mass is 16.1. The minimum atomic E-state index is -0.0727. The van der Waals surface area contributed by atoms with Gasteiger partial charge < -0.3 is 19.5 Å². The molecule has 0 radical (unpaired) electrons. The molecule has 5 rings (SSSR count). The molecule has 1 N–H and O–H groups in total. The molecule has 7 nitrogen and oxygen atoms in total. The molecule has 1 aliphatic rings. The average molecular weight is 412 g/mol. The summed E-state index contributed by atoms with van der Waals surface area (Å²) >= 11 is 0. The summed E-state index contributed by atoms with van der Waals surface area (Å²) in [5, 5.41) is 3.01. The van der Waals surface area contributed by atoms with Crippen LogP contribution in [-0.4, -0.2) is 46.5 Å². The van der Waals surface area contributed by atoms with E-state index in [1.54, 1.807) is 12.4 Å². The van der Waals surface area contributed by atoms with Crippen LogP contribution in [0.2, 0.25) is 0 Å². The number of hydrogen-bond donors (Lipinski definition) is 1. The molecule has 0 unspecified atom stereocenters. The van der Waals surface area contributed by atoms with Gasteiger partial charge in [-0.05, 0) is 35.9 Å². The van der Waals surface area contributed by atoms with E-state index >= 15 is 0 Å². The summed E-state index contributed by atoms with van der Waals surface area (Å²) in [7, 11) is 0. The maximum absolute atomic E-state index is 12.7. The van der Waals surface area contributed by atoms with Gasteiger partial charge in [-0.25, -0.2) is 9.97 Å². The van der Waals surface area contributed by atoms with Crippen molar-refractivity contribution in [2.24, 2.45) is 0 Å². The van der Waals surface area contributed by atoms with E-state index in [2.05, 4.69) is 41.6 Å². The maximum Gasteiger partial charge on any atom is 0.253 e. The van der Waals surface area contributed by atoms with Gasteiger partial charge in [-0.3, -0.25) is 4.79 Å². The van der Waals surface area contributed by atoms with Gasteiger partial charge >= 0.3 is 0 Å². The molecule has 0 bridgehead atoms. The minimum Gasteiger partial charge on any atom is -0.354 e. The van der Waals surface area contributed by atoms with Crippen LogP contribution in [0.15, 0.2) is 79.3 Å². The van der Waals surface area contributed by atoms with Crippen molar-refractivity contribution in [3.63, 3.8) is 0 Å². The number of benzene rings is 1. The molecule has 0 spiro atoms. The van der Waals surface area contributed by atoms with Gasteiger partial charge in [0.25, 0.3) is 5.91 Å². The third-order valence-electron chi connectivity index (χ3n) is 5.63. The quantitative estimate of drug-likeness (QED) is 0.546. The summed E-state index contributed by atoms with van der Waals surface area (Å²) in [6, 6.07) is 19.9. The van der Waals surface area contributed by atoms with E-state index in [4.69, 9.17) is 0 Å². The predicted molar refractivity (Wildman–Crippen MR) is 121 cm³/mol. The molecule has 4 aromatic rings. The topological polar surface area (TPSA) is 65.8 Å². The summed E-state index contributed by atoms with van der Waals surface area (Å²) in [6.07, 6.45) is 5.48. The molecule has 1 aromatic carbocycles. The van der Waals surface area contributed by atoms with E-state index in [-0.39, 0.29) is 5.91 Å². The Morgan fingerprint density at radius 3 is 2.32 bits per heavy atom. The lowest BCUT2D eigenvalue weighted by atomic mass is 10.2. The zero-order chi connectivity index (χ0) is 21.0. The summed E-state index contributed by atoms with van der Waals surface area (Å²) in [5.41, 5.74) is 2.81. The minimum absolute atomic E-state index is 0.0727. The van der Waals surface area contributed by atoms with Crippen LogP contribution in [0.1, 0.15) is 15.9 Å². The Morgan fingerprint density at radius 1 is 0.839 bits per heavy atom. The Morgan fingerprint density at radius 2 is 1.55 bits per heavy atom. The summed E-state index contributed by atoms with van der Waals surface area (Å²) in [4.78, 5) is 26.0. The van der Waals surface area contributed by atoms with Gasteiger partial charge in [0, 0.05) is 56.8 Å². The Bertz CT molecular complexity index is 1170. The predicted octanol–water partition coefficient (Wildman–Crippen LogP) is 2.99. The molecule has 156 valence electrons. The van der Waals surface area contributed by atoms with Crippen molar-refractivity contribution in [2.75, 3.05) is 36.0 Å². The number of nitrogens with one attached hydrogen (secondary N) is 1. The second-order valence-corrected chi connectivity index (χ2v) is 7.60. The van der Waals surface area contributed by atoms with Crippen LogP contribution in [0.4, 0.5) is 11.8 Å². The van der Waals surface area contributed by atoms with Crippen molar-refractivity contribution in [3.05, 3.63) is 90.4 Å². The lowest BCUT2D eigenvalue weighted by Gasteiger charge is -2.35. The molecule has 31 heavy (non-hydrogen) atoms. The third-order valence-corrected chi connectivity index (χ3v) is 5.63. The number of piperazine rings is 1. The number of aromatic nitrogens is 3. The molecule has 3 aromatic heterocycles. The van der Waals surface area contributed by atoms with Crippen molar-refractivity contribution in [3.8, 4) is 0 Å². The summed E-state index contributed by atoms with van der Waals surface area (Å²) < 4.78 is 2.10. The highest BCUT2D eigenvalue weighted by Crippen LogP contribution is 2.22. The monoisotopic (exact) mass is 412 g/mol. The zero-order valence-corrected chi connectivity index (χ0v) is 17.2. The standard InChI is InChI=1S/C24H24N6O/c31-23(27-17-19-5-2-1-3-6-19)20-7-8-21-9-10-22(30(21)18-20)28-13-15-29(16-14-28)24-25-11-4-12-26-24/h1-12,18H,13-17H2,(H,27,31). The fraction of sp³-hybridized carbons (Fsp3) is 0.208. The highest BCUT2D eigenvalue weighted by molar-refractivity contribution is 5.94. The fourth-order valence-electron chi connectivity index (χ4n) is 3.95. The van der Waals surface area contributed by atoms with Crippen molar-refractivity contribution in [1.29, 1.82) is 0 Å². The Labute approximate surface area is 181 Å². The Balaban J connectivity index is 1.30. The van der Waals surface area contributed by atoms with E-state index in [0.717, 1.165) is 49.0 Å². The Kier molecular flexibility index (Phi) is 5.22. The number of anilines is 2. The molecule has 0 aliphatic carbocycles. The van der Waals surface area contributed by atoms with Gasteiger partial charge in [-0.1, -0.05) is 30.3 Å². The number of carbonyl (C=O) groups excluding carboxylic acids is 1. The molecule has 1 aliphatic heterocycles. The molecule has 0 atom stereocenters. The number of rotatable bonds is 5. The van der Waals surface area contributed by atoms with Crippen molar-refractivity contribution < 1.29 is 4.79 Å². The van der Waals surface area contributed by atoms with Crippen LogP contribution >= 0.6 is 0 Å². The van der Waals surface area contributed by atoms with E-state index in [0.29, 0.717) is 12.1 Å². The lowest BCUT2D eigenvalue weighted by Crippen LogP contribution is -2.47. The average Bonchev–Trinajstić information content (AvgIpc) is 3.27. The number of hydrogen-bond acceptors (Lipinski definition) is 5. The fourth-order valence-corrected chi connectivity index (χ4v) is 3.95. The van der Waals surface area contributed by atoms with Crippen LogP contribution in [0, 0.1) is 0 Å². The molecule has 0 saturated carbocycles. The van der Waals surface area contributed by atoms with Gasteiger partial charge in [-0.15, -0.1) is 0 Å². The molecule has 1 saturated heterocycles. The third kappa shape index (κ3) is 4.07. The van der Waals surface area contributed by atoms with Crippen LogP contribution in [0.3, 0.4) is 0 Å². The van der Waals surface area contributed by atoms with Gasteiger partial charge in [-0.2, -0.15) is 0 Å². The molecular formula is C24H24N6O. The summed E-state index contributed by atoms with van der Waals surface area (Å²) in [6.45, 7) is 3.96. The van der Waals surface area contributed by atoms with Gasteiger partial charge in [0.1, 0.15) is 5.82 Å². The number of nitrogens with zero attached hydrogens (tertiary/aromatic N) is 5. The molecule has 1 amide bonds. The highest BCUT2D eigenvalue weighted by Gasteiger charge is 2.21. The van der Waals surface area contributed by atoms with Crippen LogP contribution in [0.25, 0.3) is 5.52 Å². The maximum atomic E-state index is 12.7. The normalized spacial score (nSPS) is 14.1. The molecule has 7 heteroatoms. The smallest absolute Gasteiger partial charge is 0.253 e. The number of fused-ring (bicyclic) bond motifs is 1. The number of carbonyl (C=O) groups is 1. The van der Waals surface area contributed by atoms with Crippen molar-refractivity contribution in [1.82, 2.24) is 19.7 Å². The van der Waals surface area contributed by atoms with Crippen molar-refractivity contribution in [2.45, 2.75) is 6.54 Å². The second-order valence-electron chi connectivity index (χ2n) is 7.60. The number of pyridine rings is 1. The van der Waals surface area contributed by atoms with Gasteiger partial charge in [0.2, 0.25) is 5.95 Å². The molecule has 1 fully saturated rings. The molecular weight excluding hydrogens is 388 g/mol. The van der Waals surface area contributed by atoms with Gasteiger partial charge in [0.05, 0.1) is 5.56 Å². The Hall–Kier alpha value is -3.87. The lowest BCUT2D eigenvalue weighted by molar-refractivity contribution is 0.0950. The van der Waals surface area contributed by atoms with Gasteiger partial charge in [0.15, 0.2) is 0 Å². The zero-order valence-electron chi connectivity index (χ0n) is 17.2. The van der Waals surface area contributed by atoms with E-state index in [9.17, 15) is 4.79 Å². The first-order chi connectivity index (χ1) is 15.3. The first-order valence-electron chi connectivity index (χ1n) is 10.5. The van der Waals surface area contributed by atoms with E-state index < -0.39 is 0 Å². The molecule has 4 heterocycles. The van der Waals surface area contributed by atoms with Crippen LogP contribution < -0.4 is 15.1 Å². The SMILES string of the molecule is O=C(NCc1ccccc1)c1ccc2ccc(N3CCN(c4ncccn4)CC3)n2c1. The van der Waals surface area contributed by atoms with E-state index in [1.165, 1.54) is 0 Å². The van der Waals surface area contributed by atoms with Crippen LogP contribution in [-0.2, 0) is 6.54 Å². The van der Waals surface area contributed by atoms with Crippen LogP contribution in [0.5, 0.6) is 0 Å². The largest absolute Gasteiger partial charge is 0.354 e. The van der Waals surface area contributed by atoms with Crippen molar-refractivity contribution >= 4 is 23.2 Å². The summed E-state index contributed by atoms with van der Waals surface area (Å²) in [5.74, 6) is 1.80. The first-order valence-corrected chi connectivity index (χ1v) is 10.5. The number of amides is 1. The second kappa shape index (κ2) is 8.47. The van der Waals surface area contributed by atoms with E-state index in [1.807, 2.05) is 54.7 Å².